The largest absolute Gasteiger partial charge is 0.450 e. The molecule has 0 aliphatic carbocycles. The minimum atomic E-state index is -0.205. The van der Waals surface area contributed by atoms with Crippen LogP contribution in [0, 0.1) is 13.8 Å². The van der Waals surface area contributed by atoms with Gasteiger partial charge in [-0.1, -0.05) is 48.0 Å². The number of nitrogens with one attached hydrogen (secondary N) is 1. The average molecular weight is 413 g/mol. The Morgan fingerprint density at radius 1 is 1.14 bits per heavy atom. The summed E-state index contributed by atoms with van der Waals surface area (Å²) in [4.78, 5) is 15.3. The Hall–Kier alpha value is -2.34. The number of amides is 1. The van der Waals surface area contributed by atoms with Crippen LogP contribution < -0.4 is 5.32 Å². The van der Waals surface area contributed by atoms with E-state index in [1.807, 2.05) is 56.3 Å². The molecule has 6 heteroatoms. The van der Waals surface area contributed by atoms with Gasteiger partial charge in [-0.3, -0.25) is 9.69 Å². The summed E-state index contributed by atoms with van der Waals surface area (Å²) in [5, 5.41) is 4.75. The van der Waals surface area contributed by atoms with Gasteiger partial charge in [-0.15, -0.1) is 0 Å². The Bertz CT molecular complexity index is 1020. The minimum Gasteiger partial charge on any atom is -0.450 e. The molecule has 152 valence electrons. The second-order valence-electron chi connectivity index (χ2n) is 7.40. The summed E-state index contributed by atoms with van der Waals surface area (Å²) in [5.41, 5.74) is 3.66. The van der Waals surface area contributed by atoms with E-state index in [9.17, 15) is 4.79 Å². The highest BCUT2D eigenvalue weighted by Gasteiger charge is 2.26. The summed E-state index contributed by atoms with van der Waals surface area (Å²) in [7, 11) is 0. The fourth-order valence-electron chi connectivity index (χ4n) is 3.94. The number of rotatable bonds is 5. The first-order valence-electron chi connectivity index (χ1n) is 9.89. The zero-order valence-corrected chi connectivity index (χ0v) is 17.5. The third-order valence-electron chi connectivity index (χ3n) is 5.57. The number of carbonyl (C=O) groups excluding carboxylic acids is 1. The third-order valence-corrected chi connectivity index (χ3v) is 5.92. The van der Waals surface area contributed by atoms with Gasteiger partial charge in [0.1, 0.15) is 5.58 Å². The molecular formula is C23H25ClN2O3. The van der Waals surface area contributed by atoms with Crippen molar-refractivity contribution in [3.8, 4) is 0 Å². The van der Waals surface area contributed by atoms with E-state index in [-0.39, 0.29) is 11.9 Å². The lowest BCUT2D eigenvalue weighted by atomic mass is 10.0. The van der Waals surface area contributed by atoms with E-state index in [0.29, 0.717) is 30.5 Å². The third kappa shape index (κ3) is 4.04. The maximum absolute atomic E-state index is 13.0. The van der Waals surface area contributed by atoms with Crippen molar-refractivity contribution in [2.24, 2.45) is 0 Å². The molecular weight excluding hydrogens is 388 g/mol. The number of carbonyl (C=O) groups is 1. The number of nitrogens with zero attached hydrogens (tertiary/aromatic N) is 1. The van der Waals surface area contributed by atoms with E-state index in [2.05, 4.69) is 10.2 Å². The van der Waals surface area contributed by atoms with Crippen LogP contribution in [-0.2, 0) is 4.74 Å². The summed E-state index contributed by atoms with van der Waals surface area (Å²) >= 11 is 6.48. The fraction of sp³-hybridized carbons (Fsp3) is 0.348. The Morgan fingerprint density at radius 2 is 1.90 bits per heavy atom. The Balaban J connectivity index is 1.57. The topological polar surface area (TPSA) is 54.7 Å². The van der Waals surface area contributed by atoms with Gasteiger partial charge in [-0.2, -0.15) is 0 Å². The van der Waals surface area contributed by atoms with Crippen molar-refractivity contribution in [1.82, 2.24) is 10.2 Å². The predicted octanol–water partition coefficient (Wildman–Crippen LogP) is 4.51. The molecule has 1 unspecified atom stereocenters. The van der Waals surface area contributed by atoms with Crippen LogP contribution in [0.5, 0.6) is 0 Å². The molecule has 2 heterocycles. The number of aryl methyl sites for hydroxylation is 2. The zero-order valence-electron chi connectivity index (χ0n) is 16.7. The van der Waals surface area contributed by atoms with Gasteiger partial charge in [0.15, 0.2) is 5.76 Å². The molecule has 2 aromatic carbocycles. The molecule has 1 N–H and O–H groups in total. The van der Waals surface area contributed by atoms with E-state index >= 15 is 0 Å². The maximum Gasteiger partial charge on any atom is 0.287 e. The highest BCUT2D eigenvalue weighted by molar-refractivity contribution is 6.31. The zero-order chi connectivity index (χ0) is 20.4. The van der Waals surface area contributed by atoms with Gasteiger partial charge < -0.3 is 14.5 Å². The van der Waals surface area contributed by atoms with E-state index in [1.54, 1.807) is 0 Å². The lowest BCUT2D eigenvalue weighted by Crippen LogP contribution is -2.44. The van der Waals surface area contributed by atoms with Gasteiger partial charge in [0.2, 0.25) is 0 Å². The number of hydrogen-bond donors (Lipinski definition) is 1. The van der Waals surface area contributed by atoms with Gasteiger partial charge in [-0.05, 0) is 31.0 Å². The number of ether oxygens (including phenoxy) is 1. The first kappa shape index (κ1) is 20.0. The minimum absolute atomic E-state index is 0.0250. The molecule has 4 rings (SSSR count). The van der Waals surface area contributed by atoms with Crippen LogP contribution in [0.4, 0.5) is 0 Å². The molecule has 29 heavy (non-hydrogen) atoms. The summed E-state index contributed by atoms with van der Waals surface area (Å²) < 4.78 is 11.4. The Morgan fingerprint density at radius 3 is 2.62 bits per heavy atom. The lowest BCUT2D eigenvalue weighted by Gasteiger charge is -2.35. The van der Waals surface area contributed by atoms with Crippen molar-refractivity contribution in [2.45, 2.75) is 19.9 Å². The van der Waals surface area contributed by atoms with Crippen molar-refractivity contribution in [2.75, 3.05) is 32.8 Å². The molecule has 0 bridgehead atoms. The summed E-state index contributed by atoms with van der Waals surface area (Å²) in [6.07, 6.45) is 0. The summed E-state index contributed by atoms with van der Waals surface area (Å²) in [6, 6.07) is 13.7. The molecule has 1 fully saturated rings. The lowest BCUT2D eigenvalue weighted by molar-refractivity contribution is 0.0162. The molecule has 0 saturated carbocycles. The monoisotopic (exact) mass is 412 g/mol. The van der Waals surface area contributed by atoms with Crippen LogP contribution in [0.1, 0.15) is 33.3 Å². The molecule has 1 saturated heterocycles. The molecule has 1 amide bonds. The molecule has 3 aromatic rings. The molecule has 0 radical (unpaired) electrons. The van der Waals surface area contributed by atoms with Crippen molar-refractivity contribution in [3.05, 3.63) is 69.9 Å². The van der Waals surface area contributed by atoms with Crippen LogP contribution >= 0.6 is 11.6 Å². The highest BCUT2D eigenvalue weighted by atomic mass is 35.5. The van der Waals surface area contributed by atoms with Crippen molar-refractivity contribution < 1.29 is 13.9 Å². The average Bonchev–Trinajstić information content (AvgIpc) is 3.08. The van der Waals surface area contributed by atoms with Gasteiger partial charge in [0.05, 0.1) is 19.3 Å². The predicted molar refractivity (Wildman–Crippen MR) is 115 cm³/mol. The van der Waals surface area contributed by atoms with E-state index in [1.165, 1.54) is 0 Å². The Labute approximate surface area is 175 Å². The number of furan rings is 1. The molecule has 1 aliphatic rings. The number of fused-ring (bicyclic) bond motifs is 1. The number of para-hydroxylation sites is 1. The molecule has 1 atom stereocenters. The first-order chi connectivity index (χ1) is 14.1. The number of halogens is 1. The van der Waals surface area contributed by atoms with E-state index in [4.69, 9.17) is 20.8 Å². The van der Waals surface area contributed by atoms with Gasteiger partial charge in [-0.25, -0.2) is 0 Å². The maximum atomic E-state index is 13.0. The summed E-state index contributed by atoms with van der Waals surface area (Å²) in [6.45, 7) is 7.31. The van der Waals surface area contributed by atoms with Gasteiger partial charge >= 0.3 is 0 Å². The molecule has 1 aromatic heterocycles. The molecule has 0 spiro atoms. The second kappa shape index (κ2) is 8.57. The van der Waals surface area contributed by atoms with E-state index < -0.39 is 0 Å². The molecule has 1 aliphatic heterocycles. The Kier molecular flexibility index (Phi) is 5.90. The van der Waals surface area contributed by atoms with Crippen molar-refractivity contribution in [3.63, 3.8) is 0 Å². The standard InChI is InChI=1S/C23H25ClN2O3/c1-15-6-5-8-17-16(2)22(29-21(15)17)23(27)25-14-20(26-10-12-28-13-11-26)18-7-3-4-9-19(18)24/h3-9,20H,10-14H2,1-2H3,(H,25,27). The number of morpholine rings is 1. The van der Waals surface area contributed by atoms with Crippen molar-refractivity contribution in [1.29, 1.82) is 0 Å². The van der Waals surface area contributed by atoms with Crippen LogP contribution in [-0.4, -0.2) is 43.7 Å². The fourth-order valence-corrected chi connectivity index (χ4v) is 4.20. The number of benzene rings is 2. The second-order valence-corrected chi connectivity index (χ2v) is 7.81. The van der Waals surface area contributed by atoms with Crippen LogP contribution in [0.25, 0.3) is 11.0 Å². The van der Waals surface area contributed by atoms with Crippen LogP contribution in [0.2, 0.25) is 5.02 Å². The van der Waals surface area contributed by atoms with Crippen molar-refractivity contribution >= 4 is 28.5 Å². The van der Waals surface area contributed by atoms with Crippen LogP contribution in [0.3, 0.4) is 0 Å². The van der Waals surface area contributed by atoms with Gasteiger partial charge in [0, 0.05) is 35.6 Å². The quantitative estimate of drug-likeness (QED) is 0.670. The highest BCUT2D eigenvalue weighted by Crippen LogP contribution is 2.29. The smallest absolute Gasteiger partial charge is 0.287 e. The summed E-state index contributed by atoms with van der Waals surface area (Å²) in [5.74, 6) is 0.164. The number of hydrogen-bond acceptors (Lipinski definition) is 4. The van der Waals surface area contributed by atoms with E-state index in [0.717, 1.165) is 40.7 Å². The van der Waals surface area contributed by atoms with Crippen LogP contribution in [0.15, 0.2) is 46.9 Å². The van der Waals surface area contributed by atoms with Gasteiger partial charge in [0.25, 0.3) is 5.91 Å². The molecule has 5 nitrogen and oxygen atoms in total. The normalized spacial score (nSPS) is 16.1. The first-order valence-corrected chi connectivity index (χ1v) is 10.3. The SMILES string of the molecule is Cc1c(C(=O)NCC(c2ccccc2Cl)N2CCOCC2)oc2c(C)cccc12.